The van der Waals surface area contributed by atoms with Gasteiger partial charge in [-0.15, -0.1) is 0 Å². The van der Waals surface area contributed by atoms with Gasteiger partial charge in [-0.3, -0.25) is 9.59 Å². The van der Waals surface area contributed by atoms with Gasteiger partial charge < -0.3 is 24.4 Å². The first kappa shape index (κ1) is 16.1. The number of amides is 2. The van der Waals surface area contributed by atoms with Crippen LogP contribution in [0.25, 0.3) is 0 Å². The number of esters is 1. The normalized spacial score (nSPS) is 19.1. The highest BCUT2D eigenvalue weighted by atomic mass is 16.6. The molecule has 8 heteroatoms. The third-order valence-electron chi connectivity index (χ3n) is 3.76. The van der Waals surface area contributed by atoms with Gasteiger partial charge in [0.25, 0.3) is 0 Å². The van der Waals surface area contributed by atoms with E-state index in [0.717, 1.165) is 0 Å². The summed E-state index contributed by atoms with van der Waals surface area (Å²) >= 11 is 0. The van der Waals surface area contributed by atoms with Crippen molar-refractivity contribution in [3.05, 3.63) is 18.2 Å². The Morgan fingerprint density at radius 1 is 1.29 bits per heavy atom. The maximum Gasteiger partial charge on any atom is 0.396 e. The van der Waals surface area contributed by atoms with Crippen molar-refractivity contribution in [2.45, 2.75) is 19.4 Å². The Morgan fingerprint density at radius 2 is 2.04 bits per heavy atom. The summed E-state index contributed by atoms with van der Waals surface area (Å²) in [6.07, 6.45) is 0.125. The molecule has 2 amide bonds. The fourth-order valence-corrected chi connectivity index (χ4v) is 2.69. The van der Waals surface area contributed by atoms with Gasteiger partial charge in [0, 0.05) is 24.7 Å². The number of hydrogen-bond donors (Lipinski definition) is 1. The number of benzene rings is 1. The van der Waals surface area contributed by atoms with Gasteiger partial charge >= 0.3 is 11.9 Å². The van der Waals surface area contributed by atoms with Crippen LogP contribution in [0.15, 0.2) is 18.2 Å². The molecule has 2 aliphatic rings. The monoisotopic (exact) mass is 334 g/mol. The predicted octanol–water partition coefficient (Wildman–Crippen LogP) is 0.242. The Morgan fingerprint density at radius 3 is 2.79 bits per heavy atom. The van der Waals surface area contributed by atoms with E-state index >= 15 is 0 Å². The number of nitrogens with zero attached hydrogens (tertiary/aromatic N) is 1. The second-order valence-corrected chi connectivity index (χ2v) is 5.43. The first-order chi connectivity index (χ1) is 11.6. The molecule has 3 rings (SSSR count). The lowest BCUT2D eigenvalue weighted by molar-refractivity contribution is -0.154. The smallest absolute Gasteiger partial charge is 0.396 e. The molecular formula is C16H18N2O6. The lowest BCUT2D eigenvalue weighted by atomic mass is 10.2. The Bertz CT molecular complexity index is 675. The maximum atomic E-state index is 12.2. The van der Waals surface area contributed by atoms with Crippen molar-refractivity contribution in [2.75, 3.05) is 31.3 Å². The van der Waals surface area contributed by atoms with Crippen molar-refractivity contribution in [1.82, 2.24) is 5.32 Å². The molecule has 2 heterocycles. The molecule has 1 saturated heterocycles. The quantitative estimate of drug-likeness (QED) is 0.629. The lowest BCUT2D eigenvalue weighted by Gasteiger charge is -2.22. The van der Waals surface area contributed by atoms with Crippen LogP contribution in [0.1, 0.15) is 13.3 Å². The summed E-state index contributed by atoms with van der Waals surface area (Å²) in [5, 5.41) is 2.52. The van der Waals surface area contributed by atoms with Gasteiger partial charge in [-0.05, 0) is 19.1 Å². The molecule has 0 aromatic heterocycles. The van der Waals surface area contributed by atoms with E-state index in [-0.39, 0.29) is 25.5 Å². The number of ether oxygens (including phenoxy) is 3. The fourth-order valence-electron chi connectivity index (χ4n) is 2.69. The minimum Gasteiger partial charge on any atom is -0.486 e. The molecule has 2 aliphatic heterocycles. The SMILES string of the molecule is CCOC(=O)C(=O)NC1CC(=O)N(c2ccc3c(c2)OCCO3)C1. The van der Waals surface area contributed by atoms with Gasteiger partial charge in [0.15, 0.2) is 11.5 Å². The van der Waals surface area contributed by atoms with E-state index in [1.165, 1.54) is 0 Å². The maximum absolute atomic E-state index is 12.2. The average molecular weight is 334 g/mol. The summed E-state index contributed by atoms with van der Waals surface area (Å²) in [6, 6.07) is 4.81. The van der Waals surface area contributed by atoms with E-state index in [0.29, 0.717) is 30.4 Å². The standard InChI is InChI=1S/C16H18N2O6/c1-2-22-16(21)15(20)17-10-7-14(19)18(9-10)11-3-4-12-13(8-11)24-6-5-23-12/h3-4,8,10H,2,5-7,9H2,1H3,(H,17,20). The molecule has 0 aliphatic carbocycles. The molecule has 1 unspecified atom stereocenters. The summed E-state index contributed by atoms with van der Waals surface area (Å²) in [5.41, 5.74) is 0.664. The molecule has 128 valence electrons. The molecule has 1 fully saturated rings. The van der Waals surface area contributed by atoms with Gasteiger partial charge in [-0.25, -0.2) is 4.79 Å². The van der Waals surface area contributed by atoms with Crippen LogP contribution >= 0.6 is 0 Å². The van der Waals surface area contributed by atoms with Gasteiger partial charge in [-0.1, -0.05) is 0 Å². The number of fused-ring (bicyclic) bond motifs is 1. The van der Waals surface area contributed by atoms with E-state index in [9.17, 15) is 14.4 Å². The molecular weight excluding hydrogens is 316 g/mol. The number of carbonyl (C=O) groups is 3. The number of hydrogen-bond acceptors (Lipinski definition) is 6. The highest BCUT2D eigenvalue weighted by Crippen LogP contribution is 2.35. The van der Waals surface area contributed by atoms with E-state index in [4.69, 9.17) is 9.47 Å². The number of carbonyl (C=O) groups excluding carboxylic acids is 3. The van der Waals surface area contributed by atoms with Crippen LogP contribution in [-0.2, 0) is 19.1 Å². The second-order valence-electron chi connectivity index (χ2n) is 5.43. The predicted molar refractivity (Wildman–Crippen MR) is 83.0 cm³/mol. The highest BCUT2D eigenvalue weighted by Gasteiger charge is 2.33. The van der Waals surface area contributed by atoms with Crippen molar-refractivity contribution < 1.29 is 28.6 Å². The summed E-state index contributed by atoms with van der Waals surface area (Å²) in [4.78, 5) is 36.8. The molecule has 8 nitrogen and oxygen atoms in total. The zero-order valence-electron chi connectivity index (χ0n) is 13.2. The van der Waals surface area contributed by atoms with Crippen LogP contribution in [0.3, 0.4) is 0 Å². The van der Waals surface area contributed by atoms with Crippen molar-refractivity contribution >= 4 is 23.5 Å². The van der Waals surface area contributed by atoms with Crippen molar-refractivity contribution in [3.63, 3.8) is 0 Å². The van der Waals surface area contributed by atoms with Gasteiger partial charge in [-0.2, -0.15) is 0 Å². The number of nitrogens with one attached hydrogen (secondary N) is 1. The van der Waals surface area contributed by atoms with Crippen molar-refractivity contribution in [3.8, 4) is 11.5 Å². The third-order valence-corrected chi connectivity index (χ3v) is 3.76. The van der Waals surface area contributed by atoms with Crippen LogP contribution in [0.4, 0.5) is 5.69 Å². The summed E-state index contributed by atoms with van der Waals surface area (Å²) in [6.45, 7) is 2.98. The molecule has 0 bridgehead atoms. The Kier molecular flexibility index (Phi) is 4.54. The summed E-state index contributed by atoms with van der Waals surface area (Å²) < 4.78 is 15.6. The first-order valence-electron chi connectivity index (χ1n) is 7.76. The lowest BCUT2D eigenvalue weighted by Crippen LogP contribution is -2.41. The van der Waals surface area contributed by atoms with Gasteiger partial charge in [0.1, 0.15) is 13.2 Å². The molecule has 1 N–H and O–H groups in total. The minimum absolute atomic E-state index is 0.124. The Balaban J connectivity index is 1.67. The van der Waals surface area contributed by atoms with Gasteiger partial charge in [0.05, 0.1) is 12.6 Å². The van der Waals surface area contributed by atoms with Crippen molar-refractivity contribution in [1.29, 1.82) is 0 Å². The molecule has 0 saturated carbocycles. The second kappa shape index (κ2) is 6.77. The highest BCUT2D eigenvalue weighted by molar-refractivity contribution is 6.32. The first-order valence-corrected chi connectivity index (χ1v) is 7.76. The third kappa shape index (κ3) is 3.27. The van der Waals surface area contributed by atoms with E-state index in [1.54, 1.807) is 30.0 Å². The molecule has 1 aromatic carbocycles. The minimum atomic E-state index is -0.942. The zero-order valence-corrected chi connectivity index (χ0v) is 13.2. The van der Waals surface area contributed by atoms with Gasteiger partial charge in [0.2, 0.25) is 5.91 Å². The average Bonchev–Trinajstić information content (AvgIpc) is 2.95. The number of anilines is 1. The Hall–Kier alpha value is -2.77. The summed E-state index contributed by atoms with van der Waals surface area (Å²) in [7, 11) is 0. The van der Waals surface area contributed by atoms with E-state index < -0.39 is 17.9 Å². The zero-order chi connectivity index (χ0) is 17.1. The van der Waals surface area contributed by atoms with Crippen LogP contribution < -0.4 is 19.7 Å². The van der Waals surface area contributed by atoms with E-state index in [2.05, 4.69) is 10.1 Å². The summed E-state index contributed by atoms with van der Waals surface area (Å²) in [5.74, 6) is -0.684. The molecule has 1 atom stereocenters. The van der Waals surface area contributed by atoms with Crippen LogP contribution in [0.2, 0.25) is 0 Å². The van der Waals surface area contributed by atoms with Crippen LogP contribution in [0, 0.1) is 0 Å². The Labute approximate surface area is 138 Å². The molecule has 1 aromatic rings. The van der Waals surface area contributed by atoms with Crippen LogP contribution in [-0.4, -0.2) is 50.2 Å². The fraction of sp³-hybridized carbons (Fsp3) is 0.438. The van der Waals surface area contributed by atoms with E-state index in [1.807, 2.05) is 0 Å². The molecule has 24 heavy (non-hydrogen) atoms. The topological polar surface area (TPSA) is 94.2 Å². The molecule has 0 radical (unpaired) electrons. The van der Waals surface area contributed by atoms with Crippen molar-refractivity contribution in [2.24, 2.45) is 0 Å². The number of rotatable bonds is 3. The molecule has 0 spiro atoms. The van der Waals surface area contributed by atoms with Crippen LogP contribution in [0.5, 0.6) is 11.5 Å². The largest absolute Gasteiger partial charge is 0.486 e.